The number of thiophene rings is 1. The number of carbonyl (C=O) groups is 1. The van der Waals surface area contributed by atoms with Crippen molar-refractivity contribution in [3.05, 3.63) is 81.5 Å². The van der Waals surface area contributed by atoms with E-state index in [1.54, 1.807) is 29.5 Å². The molecule has 9 heteroatoms. The number of hydrogen-bond acceptors (Lipinski definition) is 8. The molecular formula is C32H38N4O4S. The molecule has 3 saturated heterocycles. The van der Waals surface area contributed by atoms with E-state index in [2.05, 4.69) is 27.7 Å². The Morgan fingerprint density at radius 3 is 2.44 bits per heavy atom. The number of ether oxygens (including phenoxy) is 3. The van der Waals surface area contributed by atoms with Crippen LogP contribution in [-0.4, -0.2) is 74.7 Å². The zero-order valence-corrected chi connectivity index (χ0v) is 24.1. The van der Waals surface area contributed by atoms with E-state index in [4.69, 9.17) is 25.4 Å². The van der Waals surface area contributed by atoms with E-state index in [1.165, 1.54) is 4.88 Å². The normalized spacial score (nSPS) is 19.8. The van der Waals surface area contributed by atoms with Crippen molar-refractivity contribution in [1.29, 1.82) is 5.41 Å². The van der Waals surface area contributed by atoms with Gasteiger partial charge in [0.15, 0.2) is 0 Å². The van der Waals surface area contributed by atoms with Crippen LogP contribution in [0.15, 0.2) is 60.0 Å². The lowest BCUT2D eigenvalue weighted by Gasteiger charge is -2.41. The number of amides is 1. The van der Waals surface area contributed by atoms with Gasteiger partial charge in [0.25, 0.3) is 5.91 Å². The SMILES string of the molecule is N=C(c1ccc(OC2CCN(C3COC3)CC2)cc1)c1cc(C(=O)NCC2(c3cccs3)CCOCC2)ccc1N. The van der Waals surface area contributed by atoms with Gasteiger partial charge in [-0.25, -0.2) is 0 Å². The first-order valence-electron chi connectivity index (χ1n) is 14.5. The predicted octanol–water partition coefficient (Wildman–Crippen LogP) is 4.47. The number of carbonyl (C=O) groups excluding carboxylic acids is 1. The monoisotopic (exact) mass is 574 g/mol. The Morgan fingerprint density at radius 2 is 1.78 bits per heavy atom. The smallest absolute Gasteiger partial charge is 0.251 e. The fraction of sp³-hybridized carbons (Fsp3) is 0.438. The van der Waals surface area contributed by atoms with Gasteiger partial charge in [-0.2, -0.15) is 0 Å². The molecule has 3 aliphatic heterocycles. The summed E-state index contributed by atoms with van der Waals surface area (Å²) in [5, 5.41) is 14.1. The largest absolute Gasteiger partial charge is 0.490 e. The van der Waals surface area contributed by atoms with E-state index < -0.39 is 0 Å². The summed E-state index contributed by atoms with van der Waals surface area (Å²) in [5.74, 6) is 0.641. The summed E-state index contributed by atoms with van der Waals surface area (Å²) < 4.78 is 17.2. The zero-order chi connectivity index (χ0) is 28.2. The molecule has 4 N–H and O–H groups in total. The van der Waals surface area contributed by atoms with Crippen molar-refractivity contribution in [2.24, 2.45) is 0 Å². The van der Waals surface area contributed by atoms with Crippen molar-refractivity contribution >= 4 is 28.6 Å². The number of rotatable bonds is 9. The third-order valence-corrected chi connectivity index (χ3v) is 9.84. The number of likely N-dealkylation sites (tertiary alicyclic amines) is 1. The fourth-order valence-electron chi connectivity index (χ4n) is 5.96. The first-order chi connectivity index (χ1) is 20.0. The second-order valence-electron chi connectivity index (χ2n) is 11.3. The van der Waals surface area contributed by atoms with Crippen molar-refractivity contribution in [2.75, 3.05) is 51.8 Å². The molecule has 0 spiro atoms. The first kappa shape index (κ1) is 27.9. The van der Waals surface area contributed by atoms with Crippen molar-refractivity contribution in [2.45, 2.75) is 43.2 Å². The molecule has 216 valence electrons. The molecule has 8 nitrogen and oxygen atoms in total. The highest BCUT2D eigenvalue weighted by atomic mass is 32.1. The van der Waals surface area contributed by atoms with Gasteiger partial charge in [-0.3, -0.25) is 15.1 Å². The fourth-order valence-corrected chi connectivity index (χ4v) is 6.95. The number of nitrogens with one attached hydrogen (secondary N) is 2. The van der Waals surface area contributed by atoms with E-state index in [1.807, 2.05) is 24.3 Å². The highest BCUT2D eigenvalue weighted by molar-refractivity contribution is 7.10. The number of anilines is 1. The van der Waals surface area contributed by atoms with Gasteiger partial charge in [-0.15, -0.1) is 11.3 Å². The third-order valence-electron chi connectivity index (χ3n) is 8.73. The highest BCUT2D eigenvalue weighted by Crippen LogP contribution is 2.37. The lowest BCUT2D eigenvalue weighted by atomic mass is 9.78. The Kier molecular flexibility index (Phi) is 8.39. The van der Waals surface area contributed by atoms with Gasteiger partial charge in [-0.1, -0.05) is 6.07 Å². The lowest BCUT2D eigenvalue weighted by molar-refractivity contribution is -0.0778. The number of piperidine rings is 1. The molecule has 6 rings (SSSR count). The molecule has 4 heterocycles. The summed E-state index contributed by atoms with van der Waals surface area (Å²) in [6, 6.07) is 17.6. The predicted molar refractivity (Wildman–Crippen MR) is 161 cm³/mol. The van der Waals surface area contributed by atoms with Crippen LogP contribution in [0.4, 0.5) is 5.69 Å². The third kappa shape index (κ3) is 6.18. The second-order valence-corrected chi connectivity index (χ2v) is 12.2. The Bertz CT molecular complexity index is 1340. The molecule has 0 atom stereocenters. The van der Waals surface area contributed by atoms with Gasteiger partial charge in [0, 0.05) is 65.5 Å². The van der Waals surface area contributed by atoms with Crippen LogP contribution in [0, 0.1) is 5.41 Å². The maximum atomic E-state index is 13.3. The summed E-state index contributed by atoms with van der Waals surface area (Å²) in [7, 11) is 0. The summed E-state index contributed by atoms with van der Waals surface area (Å²) in [5.41, 5.74) is 8.67. The van der Waals surface area contributed by atoms with E-state index in [-0.39, 0.29) is 23.1 Å². The maximum Gasteiger partial charge on any atom is 0.251 e. The minimum Gasteiger partial charge on any atom is -0.490 e. The van der Waals surface area contributed by atoms with Gasteiger partial charge < -0.3 is 25.3 Å². The van der Waals surface area contributed by atoms with Crippen molar-refractivity contribution < 1.29 is 19.0 Å². The van der Waals surface area contributed by atoms with Crippen LogP contribution in [0.3, 0.4) is 0 Å². The minimum absolute atomic E-state index is 0.113. The summed E-state index contributed by atoms with van der Waals surface area (Å²) in [6.07, 6.45) is 3.95. The van der Waals surface area contributed by atoms with Crippen molar-refractivity contribution in [1.82, 2.24) is 10.2 Å². The van der Waals surface area contributed by atoms with Crippen LogP contribution in [0.1, 0.15) is 52.0 Å². The molecule has 41 heavy (non-hydrogen) atoms. The number of hydrogen-bond donors (Lipinski definition) is 3. The Labute approximate surface area is 245 Å². The Hall–Kier alpha value is -3.24. The topological polar surface area (TPSA) is 110 Å². The van der Waals surface area contributed by atoms with Gasteiger partial charge in [0.2, 0.25) is 0 Å². The molecule has 0 unspecified atom stereocenters. The maximum absolute atomic E-state index is 13.3. The highest BCUT2D eigenvalue weighted by Gasteiger charge is 2.36. The standard InChI is InChI=1S/C32H38N4O4S/c33-28-8-5-23(31(37)35-21-32(11-15-38-16-12-32)29-2-1-17-41-29)18-27(28)30(34)22-3-6-25(7-4-22)40-26-9-13-36(14-10-26)24-19-39-20-24/h1-8,17-18,24,26,34H,9-16,19-21,33H2,(H,35,37). The van der Waals surface area contributed by atoms with Crippen LogP contribution in [0.5, 0.6) is 5.75 Å². The van der Waals surface area contributed by atoms with Crippen molar-refractivity contribution in [3.63, 3.8) is 0 Å². The molecule has 0 radical (unpaired) electrons. The molecule has 3 aliphatic rings. The van der Waals surface area contributed by atoms with E-state index in [0.29, 0.717) is 42.6 Å². The number of benzene rings is 2. The van der Waals surface area contributed by atoms with Gasteiger partial charge >= 0.3 is 0 Å². The number of nitrogens with zero attached hydrogens (tertiary/aromatic N) is 1. The first-order valence-corrected chi connectivity index (χ1v) is 15.4. The summed E-state index contributed by atoms with van der Waals surface area (Å²) in [6.45, 7) is 5.70. The molecule has 0 saturated carbocycles. The average molecular weight is 575 g/mol. The number of nitrogen functional groups attached to an aromatic ring is 1. The van der Waals surface area contributed by atoms with E-state index >= 15 is 0 Å². The van der Waals surface area contributed by atoms with Crippen LogP contribution >= 0.6 is 11.3 Å². The van der Waals surface area contributed by atoms with Gasteiger partial charge in [0.1, 0.15) is 11.9 Å². The van der Waals surface area contributed by atoms with Gasteiger partial charge in [-0.05, 0) is 79.6 Å². The lowest BCUT2D eigenvalue weighted by Crippen LogP contribution is -2.52. The Morgan fingerprint density at radius 1 is 1.05 bits per heavy atom. The zero-order valence-electron chi connectivity index (χ0n) is 23.3. The van der Waals surface area contributed by atoms with Crippen LogP contribution in [0.2, 0.25) is 0 Å². The van der Waals surface area contributed by atoms with Gasteiger partial charge in [0.05, 0.1) is 25.0 Å². The van der Waals surface area contributed by atoms with E-state index in [9.17, 15) is 4.79 Å². The quantitative estimate of drug-likeness (QED) is 0.257. The molecule has 3 aromatic rings. The molecular weight excluding hydrogens is 536 g/mol. The van der Waals surface area contributed by atoms with E-state index in [0.717, 1.165) is 63.3 Å². The molecule has 1 aromatic heterocycles. The molecule has 1 amide bonds. The Balaban J connectivity index is 1.08. The molecule has 0 aliphatic carbocycles. The van der Waals surface area contributed by atoms with Crippen LogP contribution in [0.25, 0.3) is 0 Å². The molecule has 2 aromatic carbocycles. The minimum atomic E-state index is -0.166. The number of nitrogens with two attached hydrogens (primary N) is 1. The van der Waals surface area contributed by atoms with Crippen molar-refractivity contribution in [3.8, 4) is 5.75 Å². The van der Waals surface area contributed by atoms with Crippen LogP contribution < -0.4 is 15.8 Å². The summed E-state index contributed by atoms with van der Waals surface area (Å²) >= 11 is 1.73. The summed E-state index contributed by atoms with van der Waals surface area (Å²) in [4.78, 5) is 17.0. The molecule has 0 bridgehead atoms. The average Bonchev–Trinajstić information content (AvgIpc) is 3.53. The van der Waals surface area contributed by atoms with Crippen LogP contribution in [-0.2, 0) is 14.9 Å². The molecule has 3 fully saturated rings. The second kappa shape index (κ2) is 12.3.